The Morgan fingerprint density at radius 1 is 1.00 bits per heavy atom. The Labute approximate surface area is 106 Å². The van der Waals surface area contributed by atoms with Gasteiger partial charge in [0.05, 0.1) is 6.61 Å². The number of hydrogen-bond acceptors (Lipinski definition) is 2. The van der Waals surface area contributed by atoms with Crippen molar-refractivity contribution in [1.29, 1.82) is 0 Å². The van der Waals surface area contributed by atoms with E-state index in [1.807, 2.05) is 48.5 Å². The van der Waals surface area contributed by atoms with Gasteiger partial charge in [-0.05, 0) is 35.4 Å². The molecule has 0 bridgehead atoms. The van der Waals surface area contributed by atoms with Gasteiger partial charge in [-0.3, -0.25) is 0 Å². The molecule has 0 radical (unpaired) electrons. The summed E-state index contributed by atoms with van der Waals surface area (Å²) in [5.41, 5.74) is 3.03. The van der Waals surface area contributed by atoms with E-state index < -0.39 is 0 Å². The van der Waals surface area contributed by atoms with E-state index in [0.717, 1.165) is 28.4 Å². The minimum absolute atomic E-state index is 0.0622. The highest BCUT2D eigenvalue weighted by Crippen LogP contribution is 2.14. The number of anilines is 1. The van der Waals surface area contributed by atoms with Crippen molar-refractivity contribution in [2.45, 2.75) is 13.2 Å². The zero-order chi connectivity index (χ0) is 12.1. The van der Waals surface area contributed by atoms with Crippen LogP contribution in [0.2, 0.25) is 5.02 Å². The molecule has 2 aromatic carbocycles. The van der Waals surface area contributed by atoms with Gasteiger partial charge in [-0.2, -0.15) is 0 Å². The average Bonchev–Trinajstić information content (AvgIpc) is 2.37. The first-order chi connectivity index (χ1) is 8.28. The van der Waals surface area contributed by atoms with Gasteiger partial charge in [-0.15, -0.1) is 0 Å². The van der Waals surface area contributed by atoms with E-state index in [4.69, 9.17) is 16.7 Å². The van der Waals surface area contributed by atoms with Gasteiger partial charge >= 0.3 is 0 Å². The Morgan fingerprint density at radius 3 is 2.53 bits per heavy atom. The third-order valence-electron chi connectivity index (χ3n) is 2.50. The van der Waals surface area contributed by atoms with Crippen LogP contribution in [0.4, 0.5) is 5.69 Å². The smallest absolute Gasteiger partial charge is 0.0682 e. The van der Waals surface area contributed by atoms with Crippen molar-refractivity contribution in [1.82, 2.24) is 0 Å². The molecule has 0 atom stereocenters. The summed E-state index contributed by atoms with van der Waals surface area (Å²) in [6, 6.07) is 15.5. The van der Waals surface area contributed by atoms with Crippen LogP contribution in [0.15, 0.2) is 48.5 Å². The minimum atomic E-state index is 0.0622. The summed E-state index contributed by atoms with van der Waals surface area (Å²) in [5.74, 6) is 0. The fourth-order valence-corrected chi connectivity index (χ4v) is 1.84. The van der Waals surface area contributed by atoms with Crippen molar-refractivity contribution in [3.8, 4) is 0 Å². The fourth-order valence-electron chi connectivity index (χ4n) is 1.63. The Hall–Kier alpha value is -1.51. The molecule has 2 nitrogen and oxygen atoms in total. The van der Waals surface area contributed by atoms with Gasteiger partial charge in [0.1, 0.15) is 0 Å². The third-order valence-corrected chi connectivity index (χ3v) is 2.73. The lowest BCUT2D eigenvalue weighted by molar-refractivity contribution is 0.282. The molecular formula is C14H14ClNO. The Morgan fingerprint density at radius 2 is 1.76 bits per heavy atom. The Kier molecular flexibility index (Phi) is 4.02. The molecule has 0 aromatic heterocycles. The molecule has 0 fully saturated rings. The molecule has 0 spiro atoms. The van der Waals surface area contributed by atoms with Crippen LogP contribution in [-0.4, -0.2) is 5.11 Å². The predicted octanol–water partition coefficient (Wildman–Crippen LogP) is 3.44. The molecule has 2 N–H and O–H groups in total. The van der Waals surface area contributed by atoms with Crippen molar-refractivity contribution < 1.29 is 5.11 Å². The summed E-state index contributed by atoms with van der Waals surface area (Å²) < 4.78 is 0. The summed E-state index contributed by atoms with van der Waals surface area (Å²) in [6.45, 7) is 0.780. The molecule has 88 valence electrons. The molecule has 0 aliphatic carbocycles. The van der Waals surface area contributed by atoms with Crippen LogP contribution in [-0.2, 0) is 13.2 Å². The van der Waals surface area contributed by atoms with E-state index in [-0.39, 0.29) is 6.61 Å². The molecule has 2 rings (SSSR count). The predicted molar refractivity (Wildman–Crippen MR) is 71.1 cm³/mol. The van der Waals surface area contributed by atoms with Gasteiger partial charge in [-0.1, -0.05) is 35.9 Å². The van der Waals surface area contributed by atoms with Gasteiger partial charge in [0.25, 0.3) is 0 Å². The molecule has 0 saturated heterocycles. The molecule has 0 amide bonds. The van der Waals surface area contributed by atoms with Gasteiger partial charge < -0.3 is 10.4 Å². The summed E-state index contributed by atoms with van der Waals surface area (Å²) in [5, 5.41) is 13.1. The number of halogens is 1. The largest absolute Gasteiger partial charge is 0.392 e. The van der Waals surface area contributed by atoms with Crippen LogP contribution in [0.25, 0.3) is 0 Å². The van der Waals surface area contributed by atoms with E-state index >= 15 is 0 Å². The molecule has 0 aliphatic heterocycles. The Bertz CT molecular complexity index is 499. The van der Waals surface area contributed by atoms with Gasteiger partial charge in [0.15, 0.2) is 0 Å². The van der Waals surface area contributed by atoms with Crippen molar-refractivity contribution in [2.24, 2.45) is 0 Å². The van der Waals surface area contributed by atoms with Crippen molar-refractivity contribution in [3.63, 3.8) is 0 Å². The summed E-state index contributed by atoms with van der Waals surface area (Å²) >= 11 is 5.91. The lowest BCUT2D eigenvalue weighted by atomic mass is 10.2. The monoisotopic (exact) mass is 247 g/mol. The van der Waals surface area contributed by atoms with E-state index in [1.165, 1.54) is 0 Å². The first kappa shape index (κ1) is 12.0. The highest BCUT2D eigenvalue weighted by atomic mass is 35.5. The molecule has 2 aromatic rings. The van der Waals surface area contributed by atoms with Crippen LogP contribution in [0.1, 0.15) is 11.1 Å². The Balaban J connectivity index is 2.02. The maximum atomic E-state index is 9.04. The molecule has 0 aliphatic rings. The van der Waals surface area contributed by atoms with Crippen LogP contribution < -0.4 is 5.32 Å². The fraction of sp³-hybridized carbons (Fsp3) is 0.143. The molecule has 0 unspecified atom stereocenters. The maximum Gasteiger partial charge on any atom is 0.0682 e. The topological polar surface area (TPSA) is 32.3 Å². The number of nitrogens with one attached hydrogen (secondary N) is 1. The first-order valence-corrected chi connectivity index (χ1v) is 5.84. The van der Waals surface area contributed by atoms with Gasteiger partial charge in [0.2, 0.25) is 0 Å². The molecule has 3 heteroatoms. The SMILES string of the molecule is OCc1cccc(NCc2cccc(Cl)c2)c1. The quantitative estimate of drug-likeness (QED) is 0.868. The summed E-state index contributed by atoms with van der Waals surface area (Å²) in [7, 11) is 0. The highest BCUT2D eigenvalue weighted by molar-refractivity contribution is 6.30. The number of aliphatic hydroxyl groups excluding tert-OH is 1. The van der Waals surface area contributed by atoms with Crippen LogP contribution >= 0.6 is 11.6 Å². The van der Waals surface area contributed by atoms with Crippen LogP contribution in [0.3, 0.4) is 0 Å². The van der Waals surface area contributed by atoms with E-state index in [2.05, 4.69) is 5.32 Å². The van der Waals surface area contributed by atoms with E-state index in [1.54, 1.807) is 0 Å². The lowest BCUT2D eigenvalue weighted by Crippen LogP contribution is -1.99. The van der Waals surface area contributed by atoms with Crippen LogP contribution in [0, 0.1) is 0 Å². The zero-order valence-corrected chi connectivity index (χ0v) is 10.1. The number of rotatable bonds is 4. The number of benzene rings is 2. The average molecular weight is 248 g/mol. The maximum absolute atomic E-state index is 9.04. The summed E-state index contributed by atoms with van der Waals surface area (Å²) in [6.07, 6.45) is 0. The highest BCUT2D eigenvalue weighted by Gasteiger charge is 1.96. The lowest BCUT2D eigenvalue weighted by Gasteiger charge is -2.08. The normalized spacial score (nSPS) is 10.2. The number of aliphatic hydroxyl groups is 1. The standard InChI is InChI=1S/C14H14ClNO/c15-13-5-1-3-11(7-13)9-16-14-6-2-4-12(8-14)10-17/h1-8,16-17H,9-10H2. The molecule has 0 heterocycles. The molecule has 0 saturated carbocycles. The number of hydrogen-bond donors (Lipinski definition) is 2. The third kappa shape index (κ3) is 3.48. The minimum Gasteiger partial charge on any atom is -0.392 e. The summed E-state index contributed by atoms with van der Waals surface area (Å²) in [4.78, 5) is 0. The van der Waals surface area contributed by atoms with Crippen LogP contribution in [0.5, 0.6) is 0 Å². The van der Waals surface area contributed by atoms with Gasteiger partial charge in [0, 0.05) is 17.3 Å². The molecular weight excluding hydrogens is 234 g/mol. The first-order valence-electron chi connectivity index (χ1n) is 5.46. The van der Waals surface area contributed by atoms with E-state index in [9.17, 15) is 0 Å². The van der Waals surface area contributed by atoms with Gasteiger partial charge in [-0.25, -0.2) is 0 Å². The molecule has 17 heavy (non-hydrogen) atoms. The second kappa shape index (κ2) is 5.71. The van der Waals surface area contributed by atoms with Crippen molar-refractivity contribution in [2.75, 3.05) is 5.32 Å². The second-order valence-corrected chi connectivity index (χ2v) is 4.28. The van der Waals surface area contributed by atoms with Crippen molar-refractivity contribution in [3.05, 3.63) is 64.7 Å². The second-order valence-electron chi connectivity index (χ2n) is 3.84. The zero-order valence-electron chi connectivity index (χ0n) is 9.36. The van der Waals surface area contributed by atoms with Crippen molar-refractivity contribution >= 4 is 17.3 Å². The van der Waals surface area contributed by atoms with E-state index in [0.29, 0.717) is 0 Å².